The molecule has 2 atom stereocenters. The van der Waals surface area contributed by atoms with Gasteiger partial charge in [-0.1, -0.05) is 49.3 Å². The van der Waals surface area contributed by atoms with Crippen LogP contribution in [0.2, 0.25) is 0 Å². The molecular formula is C22H32N4O4. The van der Waals surface area contributed by atoms with Crippen molar-refractivity contribution in [3.63, 3.8) is 0 Å². The number of aromatic nitrogens is 1. The van der Waals surface area contributed by atoms with Crippen LogP contribution in [0.5, 0.6) is 0 Å². The molecule has 0 bridgehead atoms. The van der Waals surface area contributed by atoms with Gasteiger partial charge < -0.3 is 14.9 Å². The van der Waals surface area contributed by atoms with Crippen molar-refractivity contribution in [2.45, 2.75) is 58.6 Å². The van der Waals surface area contributed by atoms with Crippen molar-refractivity contribution in [2.24, 2.45) is 0 Å². The molecule has 0 spiro atoms. The number of rotatable bonds is 12. The second-order valence-corrected chi connectivity index (χ2v) is 7.37. The normalized spacial score (nSPS) is 13.1. The lowest BCUT2D eigenvalue weighted by Crippen LogP contribution is -2.53. The summed E-state index contributed by atoms with van der Waals surface area (Å²) in [7, 11) is 0. The van der Waals surface area contributed by atoms with E-state index in [1.54, 1.807) is 18.0 Å². The number of carbonyl (C=O) groups is 2. The molecule has 30 heavy (non-hydrogen) atoms. The summed E-state index contributed by atoms with van der Waals surface area (Å²) in [5, 5.41) is 19.3. The molecule has 1 aromatic carbocycles. The van der Waals surface area contributed by atoms with Gasteiger partial charge in [-0.3, -0.25) is 15.0 Å². The molecule has 0 saturated carbocycles. The minimum Gasteiger partial charge on any atom is -0.390 e. The Morgan fingerprint density at radius 1 is 1.20 bits per heavy atom. The molecule has 2 rings (SSSR count). The number of carbonyl (C=O) groups excluding carboxylic acids is 2. The second kappa shape index (κ2) is 12.1. The van der Waals surface area contributed by atoms with Crippen LogP contribution in [0.1, 0.15) is 43.7 Å². The first kappa shape index (κ1) is 23.6. The highest BCUT2D eigenvalue weighted by Crippen LogP contribution is 2.09. The Morgan fingerprint density at radius 2 is 1.93 bits per heavy atom. The van der Waals surface area contributed by atoms with Gasteiger partial charge in [0, 0.05) is 25.6 Å². The fraction of sp³-hybridized carbons (Fsp3) is 0.500. The fourth-order valence-electron chi connectivity index (χ4n) is 3.13. The van der Waals surface area contributed by atoms with Crippen molar-refractivity contribution in [1.82, 2.24) is 20.9 Å². The minimum absolute atomic E-state index is 0.0452. The number of amides is 2. The van der Waals surface area contributed by atoms with Crippen LogP contribution in [0, 0.1) is 6.92 Å². The highest BCUT2D eigenvalue weighted by atomic mass is 16.5. The van der Waals surface area contributed by atoms with E-state index in [4.69, 9.17) is 4.52 Å². The summed E-state index contributed by atoms with van der Waals surface area (Å²) >= 11 is 0. The van der Waals surface area contributed by atoms with Crippen molar-refractivity contribution in [3.05, 3.63) is 53.4 Å². The Morgan fingerprint density at radius 3 is 2.53 bits per heavy atom. The van der Waals surface area contributed by atoms with Gasteiger partial charge in [-0.2, -0.15) is 0 Å². The zero-order chi connectivity index (χ0) is 21.9. The molecule has 2 unspecified atom stereocenters. The first-order valence-electron chi connectivity index (χ1n) is 10.4. The summed E-state index contributed by atoms with van der Waals surface area (Å²) in [4.78, 5) is 24.5. The Bertz CT molecular complexity index is 793. The fourth-order valence-corrected chi connectivity index (χ4v) is 3.13. The zero-order valence-electron chi connectivity index (χ0n) is 17.9. The van der Waals surface area contributed by atoms with Crippen LogP contribution in [0.25, 0.3) is 0 Å². The van der Waals surface area contributed by atoms with E-state index in [-0.39, 0.29) is 24.8 Å². The quantitative estimate of drug-likeness (QED) is 0.455. The van der Waals surface area contributed by atoms with Crippen LogP contribution < -0.4 is 10.7 Å². The third-order valence-corrected chi connectivity index (χ3v) is 4.67. The predicted octanol–water partition coefficient (Wildman–Crippen LogP) is 1.77. The smallest absolute Gasteiger partial charge is 0.234 e. The Kier molecular flexibility index (Phi) is 9.50. The molecule has 2 amide bonds. The van der Waals surface area contributed by atoms with Gasteiger partial charge in [0.2, 0.25) is 11.8 Å². The maximum Gasteiger partial charge on any atom is 0.234 e. The SMILES string of the molecule is CCCC(=O)NN(CC)CC(O)C(Cc1ccccc1)NC(=O)Cc1cc(C)no1. The first-order chi connectivity index (χ1) is 14.4. The zero-order valence-corrected chi connectivity index (χ0v) is 17.9. The topological polar surface area (TPSA) is 108 Å². The lowest BCUT2D eigenvalue weighted by molar-refractivity contribution is -0.127. The van der Waals surface area contributed by atoms with E-state index in [9.17, 15) is 14.7 Å². The number of hydrogen-bond donors (Lipinski definition) is 3. The van der Waals surface area contributed by atoms with Gasteiger partial charge in [-0.15, -0.1) is 0 Å². The van der Waals surface area contributed by atoms with E-state index in [1.807, 2.05) is 44.2 Å². The highest BCUT2D eigenvalue weighted by molar-refractivity contribution is 5.78. The lowest BCUT2D eigenvalue weighted by Gasteiger charge is -2.29. The summed E-state index contributed by atoms with van der Waals surface area (Å²) in [6.45, 7) is 6.36. The van der Waals surface area contributed by atoms with Crippen LogP contribution in [0.15, 0.2) is 40.9 Å². The highest BCUT2D eigenvalue weighted by Gasteiger charge is 2.25. The number of nitrogens with zero attached hydrogens (tertiary/aromatic N) is 2. The maximum atomic E-state index is 12.6. The lowest BCUT2D eigenvalue weighted by atomic mass is 10.0. The van der Waals surface area contributed by atoms with Gasteiger partial charge in [0.25, 0.3) is 0 Å². The number of hydrogen-bond acceptors (Lipinski definition) is 6. The summed E-state index contributed by atoms with van der Waals surface area (Å²) < 4.78 is 5.11. The summed E-state index contributed by atoms with van der Waals surface area (Å²) in [5.41, 5.74) is 4.52. The van der Waals surface area contributed by atoms with Crippen LogP contribution in [-0.4, -0.2) is 52.3 Å². The average molecular weight is 417 g/mol. The third kappa shape index (κ3) is 7.96. The van der Waals surface area contributed by atoms with Gasteiger partial charge in [0.15, 0.2) is 0 Å². The van der Waals surface area contributed by atoms with Crippen LogP contribution in [-0.2, 0) is 22.4 Å². The van der Waals surface area contributed by atoms with Crippen LogP contribution in [0.4, 0.5) is 0 Å². The van der Waals surface area contributed by atoms with Gasteiger partial charge in [-0.05, 0) is 25.3 Å². The van der Waals surface area contributed by atoms with Crippen molar-refractivity contribution in [3.8, 4) is 0 Å². The Balaban J connectivity index is 2.05. The number of aliphatic hydroxyl groups excluding tert-OH is 1. The van der Waals surface area contributed by atoms with E-state index >= 15 is 0 Å². The number of benzene rings is 1. The second-order valence-electron chi connectivity index (χ2n) is 7.37. The molecule has 164 valence electrons. The number of nitrogens with one attached hydrogen (secondary N) is 2. The van der Waals surface area contributed by atoms with Gasteiger partial charge in [0.1, 0.15) is 5.76 Å². The number of likely N-dealkylation sites (N-methyl/N-ethyl adjacent to an activating group) is 1. The van der Waals surface area contributed by atoms with Gasteiger partial charge in [-0.25, -0.2) is 5.01 Å². The Labute approximate surface area is 177 Å². The van der Waals surface area contributed by atoms with E-state index in [0.29, 0.717) is 30.8 Å². The molecule has 1 heterocycles. The van der Waals surface area contributed by atoms with E-state index in [1.165, 1.54) is 0 Å². The van der Waals surface area contributed by atoms with Gasteiger partial charge >= 0.3 is 0 Å². The van der Waals surface area contributed by atoms with Gasteiger partial charge in [0.05, 0.1) is 24.3 Å². The van der Waals surface area contributed by atoms with E-state index in [2.05, 4.69) is 15.9 Å². The number of aryl methyl sites for hydroxylation is 1. The summed E-state index contributed by atoms with van der Waals surface area (Å²) in [5.74, 6) is 0.125. The van der Waals surface area contributed by atoms with Crippen molar-refractivity contribution in [1.29, 1.82) is 0 Å². The molecule has 0 aliphatic rings. The van der Waals surface area contributed by atoms with E-state index < -0.39 is 12.1 Å². The van der Waals surface area contributed by atoms with Crippen LogP contribution >= 0.6 is 0 Å². The molecule has 0 aliphatic carbocycles. The van der Waals surface area contributed by atoms with Crippen LogP contribution in [0.3, 0.4) is 0 Å². The maximum absolute atomic E-state index is 12.6. The Hall–Kier alpha value is -2.71. The first-order valence-corrected chi connectivity index (χ1v) is 10.4. The molecule has 0 radical (unpaired) electrons. The van der Waals surface area contributed by atoms with Crippen molar-refractivity contribution >= 4 is 11.8 Å². The minimum atomic E-state index is -0.882. The summed E-state index contributed by atoms with van der Waals surface area (Å²) in [6, 6.07) is 10.8. The molecule has 3 N–H and O–H groups in total. The largest absolute Gasteiger partial charge is 0.390 e. The van der Waals surface area contributed by atoms with E-state index in [0.717, 1.165) is 12.0 Å². The molecule has 0 aliphatic heterocycles. The number of hydrazine groups is 1. The summed E-state index contributed by atoms with van der Waals surface area (Å²) in [6.07, 6.45) is 0.799. The molecule has 1 aromatic heterocycles. The molecule has 8 nitrogen and oxygen atoms in total. The molecular weight excluding hydrogens is 384 g/mol. The van der Waals surface area contributed by atoms with Crippen molar-refractivity contribution < 1.29 is 19.2 Å². The standard InChI is InChI=1S/C22H32N4O4/c1-4-9-21(28)24-26(5-2)15-20(27)19(13-17-10-7-6-8-11-17)23-22(29)14-18-12-16(3)25-30-18/h6-8,10-12,19-20,27H,4-5,9,13-15H2,1-3H3,(H,23,29)(H,24,28). The molecule has 0 saturated heterocycles. The molecule has 8 heteroatoms. The average Bonchev–Trinajstić information content (AvgIpc) is 3.12. The number of aliphatic hydroxyl groups is 1. The van der Waals surface area contributed by atoms with Crippen molar-refractivity contribution in [2.75, 3.05) is 13.1 Å². The monoisotopic (exact) mass is 416 g/mol. The molecule has 0 fully saturated rings. The predicted molar refractivity (Wildman–Crippen MR) is 113 cm³/mol. The third-order valence-electron chi connectivity index (χ3n) is 4.67. The molecule has 2 aromatic rings.